The fourth-order valence-electron chi connectivity index (χ4n) is 5.60. The molecule has 0 bridgehead atoms. The molecule has 1 radical (unpaired) electrons. The van der Waals surface area contributed by atoms with E-state index in [4.69, 9.17) is 8.53 Å². The first kappa shape index (κ1) is 24.0. The molecule has 0 unspecified atom stereocenters. The number of fused-ring (bicyclic) bond motifs is 9. The Morgan fingerprint density at radius 3 is 2.34 bits per heavy atom. The minimum absolute atomic E-state index is 0. The molecule has 8 aromatic rings. The van der Waals surface area contributed by atoms with Crippen molar-refractivity contribution >= 4 is 54.4 Å². The summed E-state index contributed by atoms with van der Waals surface area (Å²) in [4.78, 5) is 8.83. The van der Waals surface area contributed by atoms with Crippen LogP contribution in [0.15, 0.2) is 114 Å². The van der Waals surface area contributed by atoms with Gasteiger partial charge in [0.05, 0.1) is 0 Å². The van der Waals surface area contributed by atoms with Crippen molar-refractivity contribution in [3.8, 4) is 11.3 Å². The molecule has 0 saturated heterocycles. The average Bonchev–Trinajstić information content (AvgIpc) is 3.45. The summed E-state index contributed by atoms with van der Waals surface area (Å²) in [6, 6.07) is 37.6. The number of benzene rings is 5. The average molecular weight is 754 g/mol. The van der Waals surface area contributed by atoms with Crippen LogP contribution in [0.4, 0.5) is 0 Å². The van der Waals surface area contributed by atoms with Crippen molar-refractivity contribution in [3.05, 3.63) is 133 Å². The van der Waals surface area contributed by atoms with E-state index in [1.807, 2.05) is 84.9 Å². The monoisotopic (exact) mass is 754 g/mol. The minimum Gasteiger partial charge on any atom is -0.456 e. The third kappa shape index (κ3) is 5.52. The quantitative estimate of drug-likeness (QED) is 0.130. The van der Waals surface area contributed by atoms with Gasteiger partial charge < -0.3 is 14.4 Å². The van der Waals surface area contributed by atoms with Gasteiger partial charge >= 0.3 is 0 Å². The zero-order chi connectivity index (χ0) is 33.8. The molecular weight excluding hydrogens is 717 g/mol. The third-order valence-corrected chi connectivity index (χ3v) is 7.40. The second-order valence-corrected chi connectivity index (χ2v) is 11.6. The van der Waals surface area contributed by atoms with Crippen LogP contribution in [0.1, 0.15) is 38.8 Å². The predicted molar refractivity (Wildman–Crippen MR) is 179 cm³/mol. The Morgan fingerprint density at radius 2 is 1.57 bits per heavy atom. The summed E-state index contributed by atoms with van der Waals surface area (Å²) >= 11 is 0. The van der Waals surface area contributed by atoms with Crippen LogP contribution in [-0.4, -0.2) is 9.97 Å². The maximum atomic E-state index is 9.21. The van der Waals surface area contributed by atoms with Gasteiger partial charge in [0.15, 0.2) is 0 Å². The summed E-state index contributed by atoms with van der Waals surface area (Å²) in [6.07, 6.45) is 1.13. The molecule has 0 N–H and O–H groups in total. The number of pyridine rings is 2. The molecule has 8 rings (SSSR count). The summed E-state index contributed by atoms with van der Waals surface area (Å²) < 4.78 is 49.3. The number of hydrogen-bond donors (Lipinski definition) is 0. The first-order chi connectivity index (χ1) is 22.9. The normalized spacial score (nSPS) is 13.8. The first-order valence-electron chi connectivity index (χ1n) is 16.8. The van der Waals surface area contributed by atoms with Crippen molar-refractivity contribution in [3.63, 3.8) is 0 Å². The summed E-state index contributed by atoms with van der Waals surface area (Å²) in [5.41, 5.74) is 3.16. The number of aromatic nitrogens is 2. The summed E-state index contributed by atoms with van der Waals surface area (Å²) in [7, 11) is 0. The van der Waals surface area contributed by atoms with Crippen LogP contribution in [0, 0.1) is 24.4 Å². The van der Waals surface area contributed by atoms with Gasteiger partial charge in [-0.1, -0.05) is 67.9 Å². The molecule has 0 spiro atoms. The molecule has 0 aliphatic heterocycles. The molecular formula is C40H32IrN2O-2. The zero-order valence-corrected chi connectivity index (χ0v) is 26.9. The van der Waals surface area contributed by atoms with E-state index in [9.17, 15) is 2.74 Å². The van der Waals surface area contributed by atoms with Gasteiger partial charge in [-0.05, 0) is 69.9 Å². The van der Waals surface area contributed by atoms with E-state index in [1.54, 1.807) is 33.0 Å². The van der Waals surface area contributed by atoms with E-state index in [0.29, 0.717) is 21.9 Å². The molecule has 44 heavy (non-hydrogen) atoms. The SMILES string of the molecule is [2H]C([2H])([2H])c1cnc2c3[c-]cccc3c3cc4c(cc3c2c1C([2H])([2H])C(C)(C)C)oc1ccccc14.[Ir].[c-]1ccccc1-c1ccccn1. The molecule has 219 valence electrons. The molecule has 0 amide bonds. The van der Waals surface area contributed by atoms with Crippen LogP contribution in [0.2, 0.25) is 0 Å². The van der Waals surface area contributed by atoms with Crippen molar-refractivity contribution in [1.82, 2.24) is 9.97 Å². The number of nitrogens with zero attached hydrogens (tertiary/aromatic N) is 2. The van der Waals surface area contributed by atoms with E-state index in [-0.39, 0.29) is 31.2 Å². The van der Waals surface area contributed by atoms with Gasteiger partial charge in [-0.2, -0.15) is 0 Å². The van der Waals surface area contributed by atoms with Crippen molar-refractivity contribution < 1.29 is 31.4 Å². The third-order valence-electron chi connectivity index (χ3n) is 7.40. The van der Waals surface area contributed by atoms with Crippen LogP contribution >= 0.6 is 0 Å². The summed E-state index contributed by atoms with van der Waals surface area (Å²) in [6.45, 7) is 2.82. The molecule has 3 aromatic heterocycles. The Balaban J connectivity index is 0.000000270. The van der Waals surface area contributed by atoms with Gasteiger partial charge in [-0.15, -0.1) is 65.5 Å². The van der Waals surface area contributed by atoms with Gasteiger partial charge in [0.25, 0.3) is 0 Å². The molecule has 0 aliphatic carbocycles. The molecule has 0 atom stereocenters. The first-order valence-corrected chi connectivity index (χ1v) is 14.3. The summed E-state index contributed by atoms with van der Waals surface area (Å²) in [5, 5.41) is 5.67. The Labute approximate surface area is 278 Å². The fraction of sp³-hybridized carbons (Fsp3) is 0.150. The second kappa shape index (κ2) is 12.0. The van der Waals surface area contributed by atoms with Crippen molar-refractivity contribution in [2.24, 2.45) is 5.41 Å². The molecule has 0 fully saturated rings. The van der Waals surface area contributed by atoms with Crippen molar-refractivity contribution in [2.75, 3.05) is 0 Å². The van der Waals surface area contributed by atoms with Gasteiger partial charge in [0.1, 0.15) is 11.2 Å². The molecule has 0 aliphatic rings. The van der Waals surface area contributed by atoms with Crippen LogP contribution in [0.3, 0.4) is 0 Å². The number of furan rings is 1. The van der Waals surface area contributed by atoms with Crippen molar-refractivity contribution in [2.45, 2.75) is 34.0 Å². The minimum atomic E-state index is -2.54. The largest absolute Gasteiger partial charge is 0.456 e. The Bertz CT molecular complexity index is 2410. The molecule has 5 aromatic carbocycles. The molecule has 0 saturated carbocycles. The zero-order valence-electron chi connectivity index (χ0n) is 29.5. The summed E-state index contributed by atoms with van der Waals surface area (Å²) in [5.74, 6) is 0. The van der Waals surface area contributed by atoms with E-state index in [1.165, 1.54) is 6.20 Å². The number of rotatable bonds is 2. The maximum absolute atomic E-state index is 9.21. The number of aryl methyl sites for hydroxylation is 1. The van der Waals surface area contributed by atoms with E-state index in [2.05, 4.69) is 28.2 Å². The number of hydrogen-bond acceptors (Lipinski definition) is 3. The van der Waals surface area contributed by atoms with Crippen molar-refractivity contribution in [1.29, 1.82) is 0 Å². The molecule has 3 nitrogen and oxygen atoms in total. The Morgan fingerprint density at radius 1 is 0.773 bits per heavy atom. The van der Waals surface area contributed by atoms with E-state index >= 15 is 0 Å². The van der Waals surface area contributed by atoms with Crippen LogP contribution < -0.4 is 0 Å². The topological polar surface area (TPSA) is 38.9 Å². The maximum Gasteiger partial charge on any atom is 0.135 e. The Hall–Kier alpha value is -4.37. The van der Waals surface area contributed by atoms with Crippen LogP contribution in [0.5, 0.6) is 0 Å². The Kier molecular flexibility index (Phi) is 6.53. The van der Waals surface area contributed by atoms with Gasteiger partial charge in [-0.3, -0.25) is 0 Å². The van der Waals surface area contributed by atoms with E-state index < -0.39 is 18.6 Å². The molecule has 3 heterocycles. The number of para-hydroxylation sites is 1. The predicted octanol–water partition coefficient (Wildman–Crippen LogP) is 10.7. The van der Waals surface area contributed by atoms with Gasteiger partial charge in [0.2, 0.25) is 0 Å². The standard InChI is InChI=1S/C29H24NO.C11H8N.Ir/c1-17-16-30-28-20-11-6-5-9-18(20)21-13-22-19-10-7-8-12-25(19)31-26(22)14-23(21)27(28)24(17)15-29(2,3)4;1-2-6-10(7-3-1)11-8-4-5-9-12-11;/h5-10,12-14,16H,15H2,1-4H3;1-6,8-9H;/q2*-1;/i1D3,15D2;;. The second-order valence-electron chi connectivity index (χ2n) is 11.6. The van der Waals surface area contributed by atoms with Gasteiger partial charge in [0, 0.05) is 50.1 Å². The smallest absolute Gasteiger partial charge is 0.135 e. The van der Waals surface area contributed by atoms with Gasteiger partial charge in [-0.25, -0.2) is 0 Å². The molecule has 4 heteroatoms. The van der Waals surface area contributed by atoms with E-state index in [0.717, 1.165) is 43.8 Å². The van der Waals surface area contributed by atoms with Crippen LogP contribution in [-0.2, 0) is 26.5 Å². The van der Waals surface area contributed by atoms with Crippen LogP contribution in [0.25, 0.3) is 65.6 Å². The fourth-order valence-corrected chi connectivity index (χ4v) is 5.60.